The van der Waals surface area contributed by atoms with Crippen LogP contribution in [0, 0.1) is 5.92 Å². The second-order valence-corrected chi connectivity index (χ2v) is 6.77. The van der Waals surface area contributed by atoms with Crippen LogP contribution in [0.2, 0.25) is 0 Å². The summed E-state index contributed by atoms with van der Waals surface area (Å²) in [7, 11) is 0. The normalized spacial score (nSPS) is 22.4. The van der Waals surface area contributed by atoms with Crippen LogP contribution in [0.4, 0.5) is 0 Å². The van der Waals surface area contributed by atoms with Crippen LogP contribution in [-0.2, 0) is 11.2 Å². The van der Waals surface area contributed by atoms with Crippen LogP contribution in [0.5, 0.6) is 0 Å². The molecule has 0 radical (unpaired) electrons. The average molecular weight is 376 g/mol. The summed E-state index contributed by atoms with van der Waals surface area (Å²) in [5.41, 5.74) is 7.25. The van der Waals surface area contributed by atoms with E-state index in [1.54, 1.807) is 0 Å². The van der Waals surface area contributed by atoms with E-state index in [4.69, 9.17) is 5.73 Å². The molecule has 1 aliphatic rings. The summed E-state index contributed by atoms with van der Waals surface area (Å²) in [5.74, 6) is 0.506. The molecule has 3 N–H and O–H groups in total. The van der Waals surface area contributed by atoms with Gasteiger partial charge in [0.1, 0.15) is 0 Å². The molecule has 21 heavy (non-hydrogen) atoms. The van der Waals surface area contributed by atoms with Gasteiger partial charge in [0.15, 0.2) is 0 Å². The number of hydrogen-bond donors (Lipinski definition) is 2. The Morgan fingerprint density at radius 1 is 1.38 bits per heavy atom. The molecule has 3 atom stereocenters. The fourth-order valence-electron chi connectivity index (χ4n) is 2.92. The van der Waals surface area contributed by atoms with Crippen LogP contribution in [0.3, 0.4) is 0 Å². The molecule has 1 aromatic rings. The average Bonchev–Trinajstić information content (AvgIpc) is 2.77. The number of hydrogen-bond acceptors (Lipinski definition) is 2. The topological polar surface area (TPSA) is 55.1 Å². The predicted molar refractivity (Wildman–Crippen MR) is 92.6 cm³/mol. The third kappa shape index (κ3) is 5.97. The largest absolute Gasteiger partial charge is 0.353 e. The minimum atomic E-state index is 0. The molecule has 1 aliphatic carbocycles. The van der Waals surface area contributed by atoms with E-state index in [9.17, 15) is 4.79 Å². The smallest absolute Gasteiger partial charge is 0.220 e. The molecular weight excluding hydrogens is 352 g/mol. The molecule has 118 valence electrons. The van der Waals surface area contributed by atoms with Gasteiger partial charge in [0, 0.05) is 23.0 Å². The lowest BCUT2D eigenvalue weighted by Gasteiger charge is -2.18. The lowest BCUT2D eigenvalue weighted by atomic mass is 9.99. The number of carbonyl (C=O) groups excluding carboxylic acids is 1. The molecule has 0 bridgehead atoms. The maximum absolute atomic E-state index is 12.0. The van der Waals surface area contributed by atoms with Crippen molar-refractivity contribution in [3.8, 4) is 0 Å². The van der Waals surface area contributed by atoms with Crippen LogP contribution in [0.1, 0.15) is 38.2 Å². The number of carbonyl (C=O) groups is 1. The Labute approximate surface area is 141 Å². The van der Waals surface area contributed by atoms with Gasteiger partial charge in [0.2, 0.25) is 5.91 Å². The summed E-state index contributed by atoms with van der Waals surface area (Å²) >= 11 is 3.42. The van der Waals surface area contributed by atoms with Gasteiger partial charge in [0.05, 0.1) is 0 Å². The third-order valence-corrected chi connectivity index (χ3v) is 4.56. The molecule has 2 rings (SSSR count). The van der Waals surface area contributed by atoms with Gasteiger partial charge < -0.3 is 11.1 Å². The summed E-state index contributed by atoms with van der Waals surface area (Å²) < 4.78 is 1.08. The molecule has 1 saturated carbocycles. The molecule has 0 aromatic heterocycles. The van der Waals surface area contributed by atoms with Crippen molar-refractivity contribution >= 4 is 34.2 Å². The van der Waals surface area contributed by atoms with E-state index in [0.29, 0.717) is 12.3 Å². The summed E-state index contributed by atoms with van der Waals surface area (Å²) in [6.45, 7) is 2.05. The molecule has 0 heterocycles. The molecular formula is C16H24BrClN2O. The first-order chi connectivity index (χ1) is 9.54. The first-order valence-electron chi connectivity index (χ1n) is 7.34. The molecule has 5 heteroatoms. The maximum atomic E-state index is 12.0. The van der Waals surface area contributed by atoms with Crippen LogP contribution < -0.4 is 11.1 Å². The zero-order valence-electron chi connectivity index (χ0n) is 12.3. The van der Waals surface area contributed by atoms with E-state index < -0.39 is 0 Å². The highest BCUT2D eigenvalue weighted by Crippen LogP contribution is 2.26. The minimum Gasteiger partial charge on any atom is -0.353 e. The van der Waals surface area contributed by atoms with Gasteiger partial charge >= 0.3 is 0 Å². The SMILES string of the molecule is CC(Cc1ccc(Br)cc1)NC(=O)C[C@@H]1CCC[C@H]1N.Cl. The van der Waals surface area contributed by atoms with Crippen molar-refractivity contribution < 1.29 is 4.79 Å². The molecule has 0 spiro atoms. The second kappa shape index (κ2) is 8.76. The van der Waals surface area contributed by atoms with Crippen molar-refractivity contribution in [2.45, 2.75) is 51.1 Å². The van der Waals surface area contributed by atoms with Crippen molar-refractivity contribution in [1.29, 1.82) is 0 Å². The van der Waals surface area contributed by atoms with Gasteiger partial charge in [-0.15, -0.1) is 12.4 Å². The van der Waals surface area contributed by atoms with Gasteiger partial charge in [-0.25, -0.2) is 0 Å². The Morgan fingerprint density at radius 2 is 2.05 bits per heavy atom. The van der Waals surface area contributed by atoms with Crippen LogP contribution in [-0.4, -0.2) is 18.0 Å². The highest BCUT2D eigenvalue weighted by molar-refractivity contribution is 9.10. The van der Waals surface area contributed by atoms with E-state index in [1.165, 1.54) is 5.56 Å². The summed E-state index contributed by atoms with van der Waals surface area (Å²) in [6, 6.07) is 8.59. The third-order valence-electron chi connectivity index (χ3n) is 4.03. The highest BCUT2D eigenvalue weighted by atomic mass is 79.9. The van der Waals surface area contributed by atoms with E-state index in [1.807, 2.05) is 12.1 Å². The first kappa shape index (κ1) is 18.5. The zero-order chi connectivity index (χ0) is 14.5. The Balaban J connectivity index is 0.00000220. The second-order valence-electron chi connectivity index (χ2n) is 5.86. The number of amides is 1. The van der Waals surface area contributed by atoms with E-state index >= 15 is 0 Å². The Kier molecular flexibility index (Phi) is 7.71. The van der Waals surface area contributed by atoms with Gasteiger partial charge in [-0.05, 0) is 49.8 Å². The number of rotatable bonds is 5. The van der Waals surface area contributed by atoms with Gasteiger partial charge in [-0.3, -0.25) is 4.79 Å². The van der Waals surface area contributed by atoms with Crippen molar-refractivity contribution in [3.05, 3.63) is 34.3 Å². The number of benzene rings is 1. The van der Waals surface area contributed by atoms with Crippen molar-refractivity contribution in [1.82, 2.24) is 5.32 Å². The molecule has 1 amide bonds. The highest BCUT2D eigenvalue weighted by Gasteiger charge is 2.26. The Morgan fingerprint density at radius 3 is 2.62 bits per heavy atom. The van der Waals surface area contributed by atoms with Gasteiger partial charge in [-0.1, -0.05) is 34.5 Å². The Bertz CT molecular complexity index is 452. The molecule has 1 unspecified atom stereocenters. The van der Waals surface area contributed by atoms with E-state index in [2.05, 4.69) is 40.3 Å². The van der Waals surface area contributed by atoms with Crippen molar-refractivity contribution in [2.24, 2.45) is 11.7 Å². The fourth-order valence-corrected chi connectivity index (χ4v) is 3.18. The number of nitrogens with one attached hydrogen (secondary N) is 1. The number of halogens is 2. The van der Waals surface area contributed by atoms with Crippen molar-refractivity contribution in [2.75, 3.05) is 0 Å². The lowest BCUT2D eigenvalue weighted by molar-refractivity contribution is -0.122. The first-order valence-corrected chi connectivity index (χ1v) is 8.13. The predicted octanol–water partition coefficient (Wildman–Crippen LogP) is 3.44. The summed E-state index contributed by atoms with van der Waals surface area (Å²) in [4.78, 5) is 12.0. The number of nitrogens with two attached hydrogens (primary N) is 1. The van der Waals surface area contributed by atoms with Gasteiger partial charge in [-0.2, -0.15) is 0 Å². The van der Waals surface area contributed by atoms with E-state index in [0.717, 1.165) is 30.2 Å². The van der Waals surface area contributed by atoms with Crippen LogP contribution in [0.15, 0.2) is 28.7 Å². The minimum absolute atomic E-state index is 0. The molecule has 1 fully saturated rings. The molecule has 0 saturated heterocycles. The molecule has 3 nitrogen and oxygen atoms in total. The summed E-state index contributed by atoms with van der Waals surface area (Å²) in [5, 5.41) is 3.08. The Hall–Kier alpha value is -0.580. The molecule has 1 aromatic carbocycles. The summed E-state index contributed by atoms with van der Waals surface area (Å²) in [6.07, 6.45) is 4.75. The van der Waals surface area contributed by atoms with E-state index in [-0.39, 0.29) is 30.4 Å². The van der Waals surface area contributed by atoms with Crippen molar-refractivity contribution in [3.63, 3.8) is 0 Å². The van der Waals surface area contributed by atoms with Crippen LogP contribution in [0.25, 0.3) is 0 Å². The van der Waals surface area contributed by atoms with Crippen LogP contribution >= 0.6 is 28.3 Å². The monoisotopic (exact) mass is 374 g/mol. The maximum Gasteiger partial charge on any atom is 0.220 e. The molecule has 0 aliphatic heterocycles. The zero-order valence-corrected chi connectivity index (χ0v) is 14.8. The quantitative estimate of drug-likeness (QED) is 0.828. The van der Waals surface area contributed by atoms with Gasteiger partial charge in [0.25, 0.3) is 0 Å². The fraction of sp³-hybridized carbons (Fsp3) is 0.562. The lowest BCUT2D eigenvalue weighted by Crippen LogP contribution is -2.37. The standard InChI is InChI=1S/C16H23BrN2O.ClH/c1-11(9-12-5-7-14(17)8-6-12)19-16(20)10-13-3-2-4-15(13)18;/h5-8,11,13,15H,2-4,9-10,18H2,1H3,(H,19,20);1H/t11?,13-,15+;/m0./s1.